The average Bonchev–Trinajstić information content (AvgIpc) is 3.63. The number of hydrogen-bond donors (Lipinski definition) is 0. The molecule has 2 heterocycles. The molecule has 0 saturated carbocycles. The molecule has 4 heteroatoms. The highest BCUT2D eigenvalue weighted by Crippen LogP contribution is 2.55. The number of aromatic nitrogens is 2. The van der Waals surface area contributed by atoms with Gasteiger partial charge in [0.15, 0.2) is 0 Å². The molecule has 0 fully saturated rings. The van der Waals surface area contributed by atoms with Crippen molar-refractivity contribution >= 4 is 50.3 Å². The predicted molar refractivity (Wildman–Crippen MR) is 261 cm³/mol. The molecule has 308 valence electrons. The third kappa shape index (κ3) is 7.74. The Morgan fingerprint density at radius 1 is 0.569 bits per heavy atom. The Bertz CT molecular complexity index is 2430. The fraction of sp³-hybridized carbons (Fsp3) is 0.444. The second-order valence-electron chi connectivity index (χ2n) is 20.0. The number of hydrogen-bond acceptors (Lipinski definition) is 4. The van der Waals surface area contributed by atoms with Crippen molar-refractivity contribution in [1.82, 2.24) is 9.97 Å². The summed E-state index contributed by atoms with van der Waals surface area (Å²) in [5.41, 5.74) is 11.6. The van der Waals surface area contributed by atoms with Crippen LogP contribution in [0.15, 0.2) is 90.3 Å². The molecule has 0 aliphatic heterocycles. The molecular formula is C54H70N2S2. The van der Waals surface area contributed by atoms with Crippen LogP contribution in [0, 0.1) is 24.7 Å². The zero-order chi connectivity index (χ0) is 43.4. The molecule has 6 aromatic rings. The summed E-state index contributed by atoms with van der Waals surface area (Å²) in [7, 11) is 0. The molecule has 0 spiro atoms. The van der Waals surface area contributed by atoms with Crippen molar-refractivity contribution in [2.24, 2.45) is 10.8 Å². The second kappa shape index (κ2) is 16.0. The lowest BCUT2D eigenvalue weighted by molar-refractivity contribution is 0.227. The highest BCUT2D eigenvalue weighted by molar-refractivity contribution is 8.01. The summed E-state index contributed by atoms with van der Waals surface area (Å²) < 4.78 is 1.38. The van der Waals surface area contributed by atoms with E-state index in [1.54, 1.807) is 0 Å². The van der Waals surface area contributed by atoms with Crippen LogP contribution in [0.4, 0.5) is 0 Å². The zero-order valence-corrected chi connectivity index (χ0v) is 40.6. The average molecular weight is 811 g/mol. The summed E-state index contributed by atoms with van der Waals surface area (Å²) in [6, 6.07) is 28.4. The normalized spacial score (nSPS) is 13.1. The summed E-state index contributed by atoms with van der Waals surface area (Å²) in [6.07, 6.45) is 2.08. The summed E-state index contributed by atoms with van der Waals surface area (Å²) >= 11 is 3.98. The van der Waals surface area contributed by atoms with Gasteiger partial charge in [0.05, 0.1) is 22.4 Å². The Labute approximate surface area is 360 Å². The lowest BCUT2D eigenvalue weighted by Gasteiger charge is -2.43. The lowest BCUT2D eigenvalue weighted by Crippen LogP contribution is -2.40. The van der Waals surface area contributed by atoms with E-state index in [0.717, 1.165) is 33.5 Å². The molecule has 2 nitrogen and oxygen atoms in total. The van der Waals surface area contributed by atoms with E-state index < -0.39 is 0 Å². The third-order valence-corrected chi connectivity index (χ3v) is 17.6. The van der Waals surface area contributed by atoms with E-state index in [0.29, 0.717) is 0 Å². The molecule has 0 aliphatic rings. The minimum absolute atomic E-state index is 0.00750. The smallest absolute Gasteiger partial charge is 0.0973 e. The number of benzene rings is 4. The van der Waals surface area contributed by atoms with Crippen LogP contribution < -0.4 is 0 Å². The maximum absolute atomic E-state index is 5.75. The molecule has 0 N–H and O–H groups in total. The van der Waals surface area contributed by atoms with Gasteiger partial charge in [-0.15, -0.1) is 23.1 Å². The number of rotatable bonds is 9. The van der Waals surface area contributed by atoms with Gasteiger partial charge in [-0.05, 0) is 83.2 Å². The second-order valence-corrected chi connectivity index (χ2v) is 22.7. The SMILES string of the molecule is C=Cc1c(C)c(C)c2cc(C(C)(C)C(C)(C)c3ccc(C(C)(C)C(C)(C)C)c4nc(-c5ccccc5)c(-c5ccccc5)nc34)sc2c1SC(C)(C)C(C)(C)C.CC. The van der Waals surface area contributed by atoms with Crippen molar-refractivity contribution in [2.45, 2.75) is 151 Å². The maximum atomic E-state index is 5.75. The Balaban J connectivity index is 0.00000315. The van der Waals surface area contributed by atoms with E-state index in [4.69, 9.17) is 9.97 Å². The molecule has 0 bridgehead atoms. The van der Waals surface area contributed by atoms with Gasteiger partial charge < -0.3 is 0 Å². The minimum atomic E-state index is -0.338. The first-order valence-electron chi connectivity index (χ1n) is 21.2. The van der Waals surface area contributed by atoms with Gasteiger partial charge in [0, 0.05) is 41.2 Å². The third-order valence-electron chi connectivity index (χ3n) is 14.2. The van der Waals surface area contributed by atoms with Crippen molar-refractivity contribution in [3.8, 4) is 22.5 Å². The van der Waals surface area contributed by atoms with Gasteiger partial charge in [0.2, 0.25) is 0 Å². The fourth-order valence-electron chi connectivity index (χ4n) is 7.39. The first-order chi connectivity index (χ1) is 26.9. The van der Waals surface area contributed by atoms with Crippen molar-refractivity contribution in [3.63, 3.8) is 0 Å². The Morgan fingerprint density at radius 2 is 1.02 bits per heavy atom. The molecule has 6 rings (SSSR count). The Morgan fingerprint density at radius 3 is 1.43 bits per heavy atom. The van der Waals surface area contributed by atoms with E-state index >= 15 is 0 Å². The molecular weight excluding hydrogens is 741 g/mol. The predicted octanol–water partition coefficient (Wildman–Crippen LogP) is 17.0. The highest BCUT2D eigenvalue weighted by atomic mass is 32.2. The lowest BCUT2D eigenvalue weighted by atomic mass is 9.61. The molecule has 4 aromatic carbocycles. The topological polar surface area (TPSA) is 25.8 Å². The van der Waals surface area contributed by atoms with E-state index in [2.05, 4.69) is 202 Å². The van der Waals surface area contributed by atoms with Gasteiger partial charge in [-0.1, -0.05) is 182 Å². The first-order valence-corrected chi connectivity index (χ1v) is 22.9. The Hall–Kier alpha value is -3.73. The van der Waals surface area contributed by atoms with Crippen LogP contribution >= 0.6 is 23.1 Å². The van der Waals surface area contributed by atoms with Crippen molar-refractivity contribution in [3.05, 3.63) is 118 Å². The molecule has 58 heavy (non-hydrogen) atoms. The largest absolute Gasteiger partial charge is 0.244 e. The van der Waals surface area contributed by atoms with Crippen LogP contribution in [0.3, 0.4) is 0 Å². The molecule has 0 unspecified atom stereocenters. The van der Waals surface area contributed by atoms with Gasteiger partial charge in [0.25, 0.3) is 0 Å². The van der Waals surface area contributed by atoms with Crippen LogP contribution in [0.25, 0.3) is 49.7 Å². The number of nitrogens with zero attached hydrogens (tertiary/aromatic N) is 2. The van der Waals surface area contributed by atoms with Gasteiger partial charge in [-0.25, -0.2) is 9.97 Å². The van der Waals surface area contributed by atoms with E-state index in [9.17, 15) is 0 Å². The monoisotopic (exact) mass is 810 g/mol. The molecule has 0 radical (unpaired) electrons. The van der Waals surface area contributed by atoms with Crippen molar-refractivity contribution < 1.29 is 0 Å². The molecule has 2 aromatic heterocycles. The van der Waals surface area contributed by atoms with Crippen molar-refractivity contribution in [1.29, 1.82) is 0 Å². The van der Waals surface area contributed by atoms with Crippen molar-refractivity contribution in [2.75, 3.05) is 0 Å². The number of thiophene rings is 1. The number of aryl methyl sites for hydroxylation is 1. The molecule has 0 aliphatic carbocycles. The zero-order valence-electron chi connectivity index (χ0n) is 39.0. The first kappa shape index (κ1) is 45.4. The summed E-state index contributed by atoms with van der Waals surface area (Å²) in [6.45, 7) is 46.1. The van der Waals surface area contributed by atoms with Crippen LogP contribution in [0.5, 0.6) is 0 Å². The fourth-order valence-corrected chi connectivity index (χ4v) is 10.4. The van der Waals surface area contributed by atoms with Gasteiger partial charge in [-0.3, -0.25) is 0 Å². The summed E-state index contributed by atoms with van der Waals surface area (Å²) in [4.78, 5) is 14.2. The molecule has 0 saturated heterocycles. The van der Waals surface area contributed by atoms with Gasteiger partial charge in [0.1, 0.15) is 0 Å². The minimum Gasteiger partial charge on any atom is -0.244 e. The summed E-state index contributed by atoms with van der Waals surface area (Å²) in [5, 5.41) is 1.36. The summed E-state index contributed by atoms with van der Waals surface area (Å²) in [5.74, 6) is 0. The highest BCUT2D eigenvalue weighted by Gasteiger charge is 2.45. The van der Waals surface area contributed by atoms with E-state index in [1.165, 1.54) is 47.7 Å². The van der Waals surface area contributed by atoms with Gasteiger partial charge in [-0.2, -0.15) is 0 Å². The molecule has 0 amide bonds. The number of fused-ring (bicyclic) bond motifs is 2. The van der Waals surface area contributed by atoms with Crippen LogP contribution in [0.2, 0.25) is 0 Å². The van der Waals surface area contributed by atoms with Gasteiger partial charge >= 0.3 is 0 Å². The van der Waals surface area contributed by atoms with E-state index in [1.807, 2.05) is 36.9 Å². The number of thioether (sulfide) groups is 1. The quantitative estimate of drug-likeness (QED) is 0.136. The van der Waals surface area contributed by atoms with Crippen LogP contribution in [-0.2, 0) is 16.2 Å². The maximum Gasteiger partial charge on any atom is 0.0973 e. The van der Waals surface area contributed by atoms with Crippen LogP contribution in [-0.4, -0.2) is 14.7 Å². The van der Waals surface area contributed by atoms with Crippen LogP contribution in [0.1, 0.15) is 143 Å². The molecule has 0 atom stereocenters. The standard InChI is InChI=1S/C52H64N2S2.C2H6/c1-18-36-32(2)33(3)37-31-40(55-45(37)46(36)56-52(16,17)48(7,8)9)51(14,15)50(12,13)39-30-29-38(49(10,11)47(4,5)6)43-44(39)54-42(35-27-23-20-24-28-35)41(53-43)34-25-21-19-22-26-34;1-2/h18-31H,1H2,2-17H3;1-2H3. The Kier molecular flexibility index (Phi) is 12.5. The van der Waals surface area contributed by atoms with E-state index in [-0.39, 0.29) is 31.8 Å².